The number of anilines is 3. The Hall–Kier alpha value is -1.30. The van der Waals surface area contributed by atoms with Crippen LogP contribution in [0.5, 0.6) is 5.75 Å². The molecule has 0 aliphatic rings. The van der Waals surface area contributed by atoms with E-state index in [1.54, 1.807) is 0 Å². The first kappa shape index (κ1) is 28.7. The maximum Gasteiger partial charge on any atom is 0.119 e. The molecular weight excluding hydrogens is 594 g/mol. The molecule has 174 valence electrons. The molecule has 0 aromatic heterocycles. The largest absolute Gasteiger partial charge is 0.494 e. The molecule has 0 bridgehead atoms. The van der Waals surface area contributed by atoms with Gasteiger partial charge >= 0.3 is 0 Å². The van der Waals surface area contributed by atoms with Crippen molar-refractivity contribution in [2.24, 2.45) is 5.92 Å². The standard InChI is InChI=1S/C21H18Br3NO.C4H10.C2H6/c22-14-1-15-26-21-12-10-20(11-13-21)25(18-6-2-16(23)3-7-18)19-8-4-17(24)5-9-19;1-4(2)3;1-2/h2-13H,1,14-15H2;4H,1-3H3;1-2H3. The molecule has 0 N–H and O–H groups in total. The number of nitrogens with zero attached hydrogens (tertiary/aromatic N) is 1. The summed E-state index contributed by atoms with van der Waals surface area (Å²) in [6.45, 7) is 11.2. The van der Waals surface area contributed by atoms with Crippen LogP contribution >= 0.6 is 47.8 Å². The van der Waals surface area contributed by atoms with Crippen molar-refractivity contribution < 1.29 is 4.74 Å². The van der Waals surface area contributed by atoms with Crippen LogP contribution in [-0.4, -0.2) is 11.9 Å². The summed E-state index contributed by atoms with van der Waals surface area (Å²) in [6.07, 6.45) is 0.992. The van der Waals surface area contributed by atoms with Crippen molar-refractivity contribution in [1.82, 2.24) is 0 Å². The molecule has 0 heterocycles. The Kier molecular flexibility index (Phi) is 14.7. The summed E-state index contributed by atoms with van der Waals surface area (Å²) >= 11 is 10.4. The molecule has 3 aromatic rings. The summed E-state index contributed by atoms with van der Waals surface area (Å²) in [5.74, 6) is 1.72. The molecule has 0 spiro atoms. The van der Waals surface area contributed by atoms with Crippen LogP contribution in [0.3, 0.4) is 0 Å². The second-order valence-electron chi connectivity index (χ2n) is 7.41. The van der Waals surface area contributed by atoms with Crippen LogP contribution < -0.4 is 9.64 Å². The predicted molar refractivity (Wildman–Crippen MR) is 152 cm³/mol. The van der Waals surface area contributed by atoms with E-state index in [0.717, 1.165) is 49.4 Å². The molecule has 0 aliphatic heterocycles. The van der Waals surface area contributed by atoms with Crippen molar-refractivity contribution in [2.75, 3.05) is 16.8 Å². The average molecular weight is 628 g/mol. The molecule has 0 saturated heterocycles. The molecule has 0 saturated carbocycles. The summed E-state index contributed by atoms with van der Waals surface area (Å²) in [4.78, 5) is 2.22. The molecule has 0 unspecified atom stereocenters. The number of ether oxygens (including phenoxy) is 1. The van der Waals surface area contributed by atoms with E-state index in [0.29, 0.717) is 6.61 Å². The monoisotopic (exact) mass is 625 g/mol. The topological polar surface area (TPSA) is 12.5 Å². The number of benzene rings is 3. The third-order valence-electron chi connectivity index (χ3n) is 3.81. The van der Waals surface area contributed by atoms with Gasteiger partial charge < -0.3 is 9.64 Å². The van der Waals surface area contributed by atoms with Crippen molar-refractivity contribution in [3.8, 4) is 5.75 Å². The van der Waals surface area contributed by atoms with Crippen molar-refractivity contribution in [2.45, 2.75) is 41.0 Å². The quantitative estimate of drug-likeness (QED) is 0.191. The minimum atomic E-state index is 0.716. The molecular formula is C27H34Br3NO. The first-order valence-electron chi connectivity index (χ1n) is 11.0. The molecule has 0 aliphatic carbocycles. The lowest BCUT2D eigenvalue weighted by Crippen LogP contribution is -2.09. The minimum Gasteiger partial charge on any atom is -0.494 e. The highest BCUT2D eigenvalue weighted by atomic mass is 79.9. The lowest BCUT2D eigenvalue weighted by molar-refractivity contribution is 0.319. The number of hydrogen-bond acceptors (Lipinski definition) is 2. The van der Waals surface area contributed by atoms with Gasteiger partial charge in [0.1, 0.15) is 5.75 Å². The number of hydrogen-bond donors (Lipinski definition) is 0. The van der Waals surface area contributed by atoms with Gasteiger partial charge in [-0.1, -0.05) is 82.4 Å². The SMILES string of the molecule is BrCCCOc1ccc(N(c2ccc(Br)cc2)c2ccc(Br)cc2)cc1.CC.CC(C)C. The Balaban J connectivity index is 0.000000769. The normalized spacial score (nSPS) is 9.91. The Morgan fingerprint density at radius 3 is 1.38 bits per heavy atom. The van der Waals surface area contributed by atoms with Crippen LogP contribution in [0.15, 0.2) is 81.7 Å². The minimum absolute atomic E-state index is 0.716. The second kappa shape index (κ2) is 16.3. The van der Waals surface area contributed by atoms with Crippen LogP contribution in [-0.2, 0) is 0 Å². The molecule has 32 heavy (non-hydrogen) atoms. The van der Waals surface area contributed by atoms with E-state index >= 15 is 0 Å². The van der Waals surface area contributed by atoms with Gasteiger partial charge in [0, 0.05) is 31.3 Å². The summed E-state index contributed by atoms with van der Waals surface area (Å²) < 4.78 is 7.89. The van der Waals surface area contributed by atoms with Gasteiger partial charge in [0.05, 0.1) is 6.61 Å². The molecule has 0 amide bonds. The van der Waals surface area contributed by atoms with Gasteiger partial charge in [0.25, 0.3) is 0 Å². The first-order chi connectivity index (χ1) is 15.4. The first-order valence-corrected chi connectivity index (χ1v) is 13.7. The highest BCUT2D eigenvalue weighted by Gasteiger charge is 2.12. The van der Waals surface area contributed by atoms with Gasteiger partial charge in [-0.15, -0.1) is 0 Å². The highest BCUT2D eigenvalue weighted by Crippen LogP contribution is 2.36. The molecule has 3 rings (SSSR count). The molecule has 0 atom stereocenters. The smallest absolute Gasteiger partial charge is 0.119 e. The molecule has 3 aromatic carbocycles. The Morgan fingerprint density at radius 2 is 1.03 bits per heavy atom. The van der Waals surface area contributed by atoms with Gasteiger partial charge in [-0.25, -0.2) is 0 Å². The fourth-order valence-corrected chi connectivity index (χ4v) is 3.32. The van der Waals surface area contributed by atoms with Crippen molar-refractivity contribution >= 4 is 64.9 Å². The predicted octanol–water partition coefficient (Wildman–Crippen LogP) is 10.5. The zero-order valence-electron chi connectivity index (χ0n) is 19.6. The zero-order chi connectivity index (χ0) is 23.9. The Morgan fingerprint density at radius 1 is 0.688 bits per heavy atom. The number of alkyl halides is 1. The highest BCUT2D eigenvalue weighted by molar-refractivity contribution is 9.10. The lowest BCUT2D eigenvalue weighted by atomic mass is 10.2. The van der Waals surface area contributed by atoms with E-state index in [4.69, 9.17) is 4.74 Å². The molecule has 2 nitrogen and oxygen atoms in total. The van der Waals surface area contributed by atoms with E-state index in [1.165, 1.54) is 0 Å². The summed E-state index contributed by atoms with van der Waals surface area (Å²) in [5.41, 5.74) is 3.29. The fourth-order valence-electron chi connectivity index (χ4n) is 2.56. The van der Waals surface area contributed by atoms with Crippen LogP contribution in [0, 0.1) is 5.92 Å². The third-order valence-corrected chi connectivity index (χ3v) is 5.43. The van der Waals surface area contributed by atoms with Crippen LogP contribution in [0.1, 0.15) is 41.0 Å². The van der Waals surface area contributed by atoms with Gasteiger partial charge in [-0.05, 0) is 85.1 Å². The van der Waals surface area contributed by atoms with E-state index in [-0.39, 0.29) is 0 Å². The zero-order valence-corrected chi connectivity index (χ0v) is 24.4. The molecule has 0 radical (unpaired) electrons. The van der Waals surface area contributed by atoms with Gasteiger partial charge in [0.15, 0.2) is 0 Å². The van der Waals surface area contributed by atoms with Crippen LogP contribution in [0.25, 0.3) is 0 Å². The fraction of sp³-hybridized carbons (Fsp3) is 0.333. The summed E-state index contributed by atoms with van der Waals surface area (Å²) in [7, 11) is 0. The number of rotatable bonds is 7. The van der Waals surface area contributed by atoms with E-state index in [1.807, 2.05) is 26.0 Å². The van der Waals surface area contributed by atoms with Gasteiger partial charge in [-0.2, -0.15) is 0 Å². The van der Waals surface area contributed by atoms with Gasteiger partial charge in [0.2, 0.25) is 0 Å². The Labute approximate surface area is 219 Å². The Bertz CT molecular complexity index is 815. The second-order valence-corrected chi connectivity index (χ2v) is 10.0. The summed E-state index contributed by atoms with van der Waals surface area (Å²) in [5, 5.41) is 0.950. The maximum absolute atomic E-state index is 5.76. The maximum atomic E-state index is 5.76. The van der Waals surface area contributed by atoms with E-state index in [2.05, 4.69) is 134 Å². The van der Waals surface area contributed by atoms with Crippen molar-refractivity contribution in [3.63, 3.8) is 0 Å². The number of halogens is 3. The van der Waals surface area contributed by atoms with E-state index in [9.17, 15) is 0 Å². The molecule has 0 fully saturated rings. The third kappa shape index (κ3) is 10.5. The van der Waals surface area contributed by atoms with Crippen molar-refractivity contribution in [1.29, 1.82) is 0 Å². The van der Waals surface area contributed by atoms with Crippen LogP contribution in [0.4, 0.5) is 17.1 Å². The van der Waals surface area contributed by atoms with Gasteiger partial charge in [-0.3, -0.25) is 0 Å². The average Bonchev–Trinajstić information content (AvgIpc) is 2.79. The molecule has 5 heteroatoms. The lowest BCUT2D eigenvalue weighted by Gasteiger charge is -2.25. The van der Waals surface area contributed by atoms with E-state index < -0.39 is 0 Å². The van der Waals surface area contributed by atoms with Crippen molar-refractivity contribution in [3.05, 3.63) is 81.7 Å². The van der Waals surface area contributed by atoms with Crippen LogP contribution in [0.2, 0.25) is 0 Å². The summed E-state index contributed by atoms with van der Waals surface area (Å²) in [6, 6.07) is 24.9.